The van der Waals surface area contributed by atoms with Crippen molar-refractivity contribution in [3.8, 4) is 0 Å². The maximum Gasteiger partial charge on any atom is 0.472 e. The van der Waals surface area contributed by atoms with Gasteiger partial charge in [-0.1, -0.05) is 78.1 Å². The molecule has 0 amide bonds. The summed E-state index contributed by atoms with van der Waals surface area (Å²) in [6, 6.07) is 0. The van der Waals surface area contributed by atoms with Gasteiger partial charge in [-0.05, 0) is 12.8 Å². The minimum absolute atomic E-state index is 0.0342. The largest absolute Gasteiger partial charge is 0.472 e. The molecule has 0 radical (unpaired) electrons. The molecule has 1 N–H and O–H groups in total. The zero-order valence-electron chi connectivity index (χ0n) is 23.5. The molecule has 36 heavy (non-hydrogen) atoms. The Morgan fingerprint density at radius 3 is 1.83 bits per heavy atom. The first kappa shape index (κ1) is 35.0. The molecule has 0 aliphatic heterocycles. The van der Waals surface area contributed by atoms with Gasteiger partial charge >= 0.3 is 19.8 Å². The summed E-state index contributed by atoms with van der Waals surface area (Å²) in [4.78, 5) is 34.3. The number of quaternary nitrogens is 1. The zero-order valence-corrected chi connectivity index (χ0v) is 24.4. The standard InChI is InChI=1S/C26H52NO8P/c1-6-8-10-11-12-13-14-15-17-18-25(28)32-22-24(35-26(29)19-16-9-7-2)23-34-36(30,31)33-21-20-27(3,4)5/h24H,6-23H2,1-5H3/p+1/t24-/m1/s1. The fourth-order valence-electron chi connectivity index (χ4n) is 3.36. The predicted octanol–water partition coefficient (Wildman–Crippen LogP) is 5.78. The van der Waals surface area contributed by atoms with E-state index in [1.165, 1.54) is 38.5 Å². The Balaban J connectivity index is 4.45. The van der Waals surface area contributed by atoms with Crippen LogP contribution in [0.25, 0.3) is 0 Å². The second kappa shape index (κ2) is 21.0. The van der Waals surface area contributed by atoms with E-state index in [0.717, 1.165) is 32.1 Å². The first-order valence-corrected chi connectivity index (χ1v) is 15.3. The second-order valence-corrected chi connectivity index (χ2v) is 11.9. The first-order valence-electron chi connectivity index (χ1n) is 13.8. The highest BCUT2D eigenvalue weighted by atomic mass is 31.2. The molecule has 0 saturated carbocycles. The van der Waals surface area contributed by atoms with E-state index in [-0.39, 0.29) is 25.6 Å². The third kappa shape index (κ3) is 23.4. The number of unbranched alkanes of at least 4 members (excludes halogenated alkanes) is 10. The van der Waals surface area contributed by atoms with Gasteiger partial charge in [0.1, 0.15) is 19.8 Å². The van der Waals surface area contributed by atoms with Crippen LogP contribution in [0.2, 0.25) is 0 Å². The highest BCUT2D eigenvalue weighted by Crippen LogP contribution is 2.43. The molecule has 0 aromatic rings. The van der Waals surface area contributed by atoms with Gasteiger partial charge in [0.15, 0.2) is 6.10 Å². The predicted molar refractivity (Wildman–Crippen MR) is 141 cm³/mol. The van der Waals surface area contributed by atoms with E-state index in [9.17, 15) is 19.0 Å². The van der Waals surface area contributed by atoms with Gasteiger partial charge in [-0.25, -0.2) is 4.57 Å². The number of phosphoric ester groups is 1. The number of hydrogen-bond acceptors (Lipinski definition) is 7. The van der Waals surface area contributed by atoms with Crippen molar-refractivity contribution in [2.24, 2.45) is 0 Å². The van der Waals surface area contributed by atoms with Crippen molar-refractivity contribution < 1.29 is 42.1 Å². The average Bonchev–Trinajstić information content (AvgIpc) is 2.79. The van der Waals surface area contributed by atoms with Crippen molar-refractivity contribution in [2.75, 3.05) is 47.5 Å². The normalized spacial score (nSPS) is 14.3. The highest BCUT2D eigenvalue weighted by molar-refractivity contribution is 7.47. The Morgan fingerprint density at radius 1 is 0.750 bits per heavy atom. The number of hydrogen-bond donors (Lipinski definition) is 1. The maximum absolute atomic E-state index is 12.2. The van der Waals surface area contributed by atoms with Gasteiger partial charge in [-0.15, -0.1) is 0 Å². The smallest absolute Gasteiger partial charge is 0.462 e. The topological polar surface area (TPSA) is 108 Å². The third-order valence-electron chi connectivity index (χ3n) is 5.64. The number of esters is 2. The fraction of sp³-hybridized carbons (Fsp3) is 0.923. The van der Waals surface area contributed by atoms with Gasteiger partial charge in [0, 0.05) is 12.8 Å². The number of carbonyl (C=O) groups is 2. The molecule has 0 rings (SSSR count). The van der Waals surface area contributed by atoms with Crippen molar-refractivity contribution in [2.45, 2.75) is 110 Å². The lowest BCUT2D eigenvalue weighted by Gasteiger charge is -2.24. The summed E-state index contributed by atoms with van der Waals surface area (Å²) in [5, 5.41) is 0. The van der Waals surface area contributed by atoms with E-state index < -0.39 is 26.5 Å². The Labute approximate surface area is 219 Å². The molecular formula is C26H53NO8P+. The van der Waals surface area contributed by atoms with Crippen LogP contribution in [-0.4, -0.2) is 74.9 Å². The molecule has 0 aliphatic rings. The van der Waals surface area contributed by atoms with Crippen molar-refractivity contribution >= 4 is 19.8 Å². The zero-order chi connectivity index (χ0) is 27.3. The van der Waals surface area contributed by atoms with Gasteiger partial charge in [0.2, 0.25) is 0 Å². The van der Waals surface area contributed by atoms with Crippen LogP contribution in [0.3, 0.4) is 0 Å². The number of likely N-dealkylation sites (N-methyl/N-ethyl adjacent to an activating group) is 1. The van der Waals surface area contributed by atoms with Crippen molar-refractivity contribution in [1.29, 1.82) is 0 Å². The van der Waals surface area contributed by atoms with Crippen LogP contribution < -0.4 is 0 Å². The number of nitrogens with zero attached hydrogens (tertiary/aromatic N) is 1. The lowest BCUT2D eigenvalue weighted by molar-refractivity contribution is -0.870. The first-order chi connectivity index (χ1) is 17.0. The van der Waals surface area contributed by atoms with Crippen molar-refractivity contribution in [3.05, 3.63) is 0 Å². The summed E-state index contributed by atoms with van der Waals surface area (Å²) >= 11 is 0. The molecule has 0 fully saturated rings. The molecule has 0 saturated heterocycles. The SMILES string of the molecule is CCCCCCCCCCCC(=O)OC[C@H](COP(=O)(O)OCC[N+](C)(C)C)OC(=O)CCCCC. The number of phosphoric acid groups is 1. The Bertz CT molecular complexity index is 624. The van der Waals surface area contributed by atoms with Crippen LogP contribution in [0.5, 0.6) is 0 Å². The van der Waals surface area contributed by atoms with E-state index in [1.807, 2.05) is 28.1 Å². The molecule has 9 nitrogen and oxygen atoms in total. The molecule has 0 aromatic carbocycles. The summed E-state index contributed by atoms with van der Waals surface area (Å²) in [7, 11) is 1.47. The Hall–Kier alpha value is -0.990. The van der Waals surface area contributed by atoms with E-state index in [0.29, 0.717) is 23.9 Å². The minimum atomic E-state index is -4.33. The second-order valence-electron chi connectivity index (χ2n) is 10.4. The van der Waals surface area contributed by atoms with Gasteiger partial charge in [-0.3, -0.25) is 18.6 Å². The molecule has 214 valence electrons. The molecule has 1 unspecified atom stereocenters. The van der Waals surface area contributed by atoms with E-state index >= 15 is 0 Å². The third-order valence-corrected chi connectivity index (χ3v) is 6.62. The highest BCUT2D eigenvalue weighted by Gasteiger charge is 2.27. The lowest BCUT2D eigenvalue weighted by Crippen LogP contribution is -2.37. The minimum Gasteiger partial charge on any atom is -0.462 e. The van der Waals surface area contributed by atoms with E-state index in [2.05, 4.69) is 6.92 Å². The summed E-state index contributed by atoms with van der Waals surface area (Å²) in [5.41, 5.74) is 0. The quantitative estimate of drug-likeness (QED) is 0.0713. The number of ether oxygens (including phenoxy) is 2. The molecule has 0 aromatic heterocycles. The van der Waals surface area contributed by atoms with Crippen LogP contribution in [0.1, 0.15) is 104 Å². The molecular weight excluding hydrogens is 485 g/mol. The van der Waals surface area contributed by atoms with Gasteiger partial charge in [0.25, 0.3) is 0 Å². The monoisotopic (exact) mass is 538 g/mol. The number of carbonyl (C=O) groups excluding carboxylic acids is 2. The van der Waals surface area contributed by atoms with Gasteiger partial charge < -0.3 is 18.9 Å². The van der Waals surface area contributed by atoms with Crippen LogP contribution in [0.15, 0.2) is 0 Å². The fourth-order valence-corrected chi connectivity index (χ4v) is 4.10. The maximum atomic E-state index is 12.2. The van der Waals surface area contributed by atoms with Gasteiger partial charge in [0.05, 0.1) is 27.7 Å². The van der Waals surface area contributed by atoms with Crippen molar-refractivity contribution in [3.63, 3.8) is 0 Å². The lowest BCUT2D eigenvalue weighted by atomic mass is 10.1. The van der Waals surface area contributed by atoms with Gasteiger partial charge in [-0.2, -0.15) is 0 Å². The van der Waals surface area contributed by atoms with Crippen LogP contribution >= 0.6 is 7.82 Å². The molecule has 0 aliphatic carbocycles. The molecule has 0 bridgehead atoms. The van der Waals surface area contributed by atoms with Crippen molar-refractivity contribution in [1.82, 2.24) is 0 Å². The van der Waals surface area contributed by atoms with E-state index in [1.54, 1.807) is 0 Å². The van der Waals surface area contributed by atoms with Crippen LogP contribution in [0, 0.1) is 0 Å². The molecule has 10 heteroatoms. The van der Waals surface area contributed by atoms with E-state index in [4.69, 9.17) is 18.5 Å². The summed E-state index contributed by atoms with van der Waals surface area (Å²) in [6.07, 6.45) is 12.5. The Morgan fingerprint density at radius 2 is 1.25 bits per heavy atom. The molecule has 0 heterocycles. The van der Waals surface area contributed by atoms with Crippen LogP contribution in [0.4, 0.5) is 0 Å². The van der Waals surface area contributed by atoms with Crippen LogP contribution in [-0.2, 0) is 32.7 Å². The Kier molecular flexibility index (Phi) is 20.4. The summed E-state index contributed by atoms with van der Waals surface area (Å²) in [5.74, 6) is -0.831. The summed E-state index contributed by atoms with van der Waals surface area (Å²) in [6.45, 7) is 4.16. The summed E-state index contributed by atoms with van der Waals surface area (Å²) < 4.78 is 33.5. The number of rotatable bonds is 24. The molecule has 0 spiro atoms. The molecule has 2 atom stereocenters. The average molecular weight is 539 g/mol.